The van der Waals surface area contributed by atoms with Gasteiger partial charge in [-0.3, -0.25) is 14.5 Å². The summed E-state index contributed by atoms with van der Waals surface area (Å²) in [7, 11) is 3.22. The fraction of sp³-hybridized carbons (Fsp3) is 0.346. The van der Waals surface area contributed by atoms with Crippen LogP contribution in [0.5, 0.6) is 5.75 Å². The maximum absolute atomic E-state index is 13.8. The molecule has 0 bridgehead atoms. The van der Waals surface area contributed by atoms with Crippen LogP contribution >= 0.6 is 0 Å². The van der Waals surface area contributed by atoms with Crippen LogP contribution < -0.4 is 15.4 Å². The Labute approximate surface area is 199 Å². The second-order valence-electron chi connectivity index (χ2n) is 8.96. The maximum Gasteiger partial charge on any atom is 0.322 e. The predicted octanol–water partition coefficient (Wildman–Crippen LogP) is 3.00. The molecule has 4 rings (SSSR count). The fourth-order valence-electron chi connectivity index (χ4n) is 4.35. The van der Waals surface area contributed by atoms with Gasteiger partial charge in [-0.2, -0.15) is 0 Å². The summed E-state index contributed by atoms with van der Waals surface area (Å²) in [5.41, 5.74) is 2.57. The minimum Gasteiger partial charge on any atom is -0.497 e. The molecule has 4 amide bonds. The van der Waals surface area contributed by atoms with Crippen LogP contribution in [0, 0.1) is 5.92 Å². The van der Waals surface area contributed by atoms with Gasteiger partial charge < -0.3 is 20.3 Å². The lowest BCUT2D eigenvalue weighted by molar-refractivity contribution is -0.136. The summed E-state index contributed by atoms with van der Waals surface area (Å²) in [6.45, 7) is 4.71. The molecule has 2 N–H and O–H groups in total. The molecule has 0 fully saturated rings. The maximum atomic E-state index is 13.8. The van der Waals surface area contributed by atoms with Gasteiger partial charge in [0.25, 0.3) is 5.91 Å². The summed E-state index contributed by atoms with van der Waals surface area (Å²) in [6.07, 6.45) is 0. The number of methoxy groups -OCH3 is 1. The summed E-state index contributed by atoms with van der Waals surface area (Å²) < 4.78 is 5.24. The highest BCUT2D eigenvalue weighted by Crippen LogP contribution is 2.39. The first-order chi connectivity index (χ1) is 16.3. The quantitative estimate of drug-likeness (QED) is 0.662. The van der Waals surface area contributed by atoms with Crippen LogP contribution in [0.25, 0.3) is 0 Å². The van der Waals surface area contributed by atoms with Crippen LogP contribution in [0.1, 0.15) is 37.1 Å². The lowest BCUT2D eigenvalue weighted by Gasteiger charge is -2.31. The van der Waals surface area contributed by atoms with E-state index >= 15 is 0 Å². The zero-order valence-corrected chi connectivity index (χ0v) is 19.9. The highest BCUT2D eigenvalue weighted by atomic mass is 16.5. The molecule has 2 aliphatic heterocycles. The van der Waals surface area contributed by atoms with Crippen LogP contribution in [0.2, 0.25) is 0 Å². The van der Waals surface area contributed by atoms with Gasteiger partial charge in [-0.1, -0.05) is 56.3 Å². The standard InChI is InChI=1S/C26H30N4O4/c1-16(2)14-27-24(31)23(18-8-6-5-7-9-18)30-15-20-21(25(30)32)22(28-26(33)29(20)3)17-10-12-19(34-4)13-11-17/h5-13,16,22-23H,14-15H2,1-4H3,(H,27,31)(H,28,33)/t22-,23+/m0/s1. The van der Waals surface area contributed by atoms with Gasteiger partial charge >= 0.3 is 6.03 Å². The number of nitrogens with one attached hydrogen (secondary N) is 2. The molecule has 2 aromatic carbocycles. The Bertz CT molecular complexity index is 1110. The predicted molar refractivity (Wildman–Crippen MR) is 128 cm³/mol. The number of hydrogen-bond acceptors (Lipinski definition) is 4. The van der Waals surface area contributed by atoms with E-state index in [0.717, 1.165) is 11.1 Å². The Balaban J connectivity index is 1.71. The van der Waals surface area contributed by atoms with Crippen molar-refractivity contribution in [3.8, 4) is 5.75 Å². The summed E-state index contributed by atoms with van der Waals surface area (Å²) in [6, 6.07) is 14.8. The average molecular weight is 463 g/mol. The van der Waals surface area contributed by atoms with Crippen molar-refractivity contribution in [1.29, 1.82) is 0 Å². The van der Waals surface area contributed by atoms with Gasteiger partial charge in [-0.25, -0.2) is 4.79 Å². The summed E-state index contributed by atoms with van der Waals surface area (Å²) in [4.78, 5) is 42.9. The van der Waals surface area contributed by atoms with Gasteiger partial charge in [0.1, 0.15) is 11.8 Å². The Kier molecular flexibility index (Phi) is 6.58. The smallest absolute Gasteiger partial charge is 0.322 e. The van der Waals surface area contributed by atoms with E-state index in [9.17, 15) is 14.4 Å². The minimum absolute atomic E-state index is 0.166. The number of urea groups is 1. The Morgan fingerprint density at radius 1 is 1.12 bits per heavy atom. The average Bonchev–Trinajstić information content (AvgIpc) is 3.18. The van der Waals surface area contributed by atoms with E-state index in [1.807, 2.05) is 56.3 Å². The number of carbonyl (C=O) groups is 3. The van der Waals surface area contributed by atoms with E-state index < -0.39 is 12.1 Å². The third kappa shape index (κ3) is 4.35. The van der Waals surface area contributed by atoms with Crippen LogP contribution in [-0.2, 0) is 9.59 Å². The molecule has 2 heterocycles. The van der Waals surface area contributed by atoms with Crippen molar-refractivity contribution in [1.82, 2.24) is 20.4 Å². The second kappa shape index (κ2) is 9.59. The topological polar surface area (TPSA) is 91.0 Å². The van der Waals surface area contributed by atoms with Gasteiger partial charge in [0.15, 0.2) is 0 Å². The highest BCUT2D eigenvalue weighted by Gasteiger charge is 2.46. The molecule has 8 nitrogen and oxygen atoms in total. The van der Waals surface area contributed by atoms with Gasteiger partial charge in [-0.05, 0) is 29.2 Å². The number of amides is 4. The van der Waals surface area contributed by atoms with E-state index in [4.69, 9.17) is 4.74 Å². The number of ether oxygens (including phenoxy) is 1. The molecule has 0 saturated heterocycles. The number of nitrogens with zero attached hydrogens (tertiary/aromatic N) is 2. The molecule has 0 saturated carbocycles. The third-order valence-corrected chi connectivity index (χ3v) is 6.20. The zero-order valence-electron chi connectivity index (χ0n) is 19.9. The van der Waals surface area contributed by atoms with Crippen LogP contribution in [0.4, 0.5) is 4.79 Å². The molecule has 8 heteroatoms. The van der Waals surface area contributed by atoms with Crippen LogP contribution in [0.3, 0.4) is 0 Å². The van der Waals surface area contributed by atoms with Gasteiger partial charge in [0, 0.05) is 13.6 Å². The number of hydrogen-bond donors (Lipinski definition) is 2. The number of likely N-dealkylation sites (N-methyl/N-ethyl adjacent to an activating group) is 1. The second-order valence-corrected chi connectivity index (χ2v) is 8.96. The monoisotopic (exact) mass is 462 g/mol. The molecule has 178 valence electrons. The highest BCUT2D eigenvalue weighted by molar-refractivity contribution is 6.03. The first-order valence-electron chi connectivity index (χ1n) is 11.4. The zero-order chi connectivity index (χ0) is 24.4. The lowest BCUT2D eigenvalue weighted by Crippen LogP contribution is -2.45. The van der Waals surface area contributed by atoms with Crippen molar-refractivity contribution in [2.75, 3.05) is 27.2 Å². The molecule has 34 heavy (non-hydrogen) atoms. The summed E-state index contributed by atoms with van der Waals surface area (Å²) in [5.74, 6) is 0.447. The van der Waals surface area contributed by atoms with E-state index in [2.05, 4.69) is 10.6 Å². The molecular weight excluding hydrogens is 432 g/mol. The molecule has 0 spiro atoms. The van der Waals surface area contributed by atoms with Gasteiger partial charge in [-0.15, -0.1) is 0 Å². The van der Waals surface area contributed by atoms with Crippen molar-refractivity contribution in [3.63, 3.8) is 0 Å². The van der Waals surface area contributed by atoms with Crippen molar-refractivity contribution in [2.45, 2.75) is 25.9 Å². The summed E-state index contributed by atoms with van der Waals surface area (Å²) in [5, 5.41) is 5.90. The molecule has 2 aliphatic rings. The Morgan fingerprint density at radius 3 is 2.41 bits per heavy atom. The molecule has 0 aliphatic carbocycles. The first kappa shape index (κ1) is 23.4. The van der Waals surface area contributed by atoms with Crippen LogP contribution in [-0.4, -0.2) is 54.9 Å². The van der Waals surface area contributed by atoms with Gasteiger partial charge in [0.2, 0.25) is 5.91 Å². The molecule has 2 atom stereocenters. The Hall–Kier alpha value is -3.81. The molecular formula is C26H30N4O4. The van der Waals surface area contributed by atoms with Crippen molar-refractivity contribution in [2.24, 2.45) is 5.92 Å². The van der Waals surface area contributed by atoms with E-state index in [1.165, 1.54) is 4.90 Å². The van der Waals surface area contributed by atoms with E-state index in [1.54, 1.807) is 31.2 Å². The Morgan fingerprint density at radius 2 is 1.79 bits per heavy atom. The largest absolute Gasteiger partial charge is 0.497 e. The molecule has 0 unspecified atom stereocenters. The van der Waals surface area contributed by atoms with Crippen molar-refractivity contribution < 1.29 is 19.1 Å². The number of carbonyl (C=O) groups excluding carboxylic acids is 3. The van der Waals surface area contributed by atoms with Gasteiger partial charge in [0.05, 0.1) is 31.0 Å². The summed E-state index contributed by atoms with van der Waals surface area (Å²) >= 11 is 0. The lowest BCUT2D eigenvalue weighted by atomic mass is 9.95. The van der Waals surface area contributed by atoms with Crippen molar-refractivity contribution >= 4 is 17.8 Å². The van der Waals surface area contributed by atoms with E-state index in [0.29, 0.717) is 23.6 Å². The number of rotatable bonds is 7. The molecule has 0 radical (unpaired) electrons. The third-order valence-electron chi connectivity index (χ3n) is 6.20. The van der Waals surface area contributed by atoms with Crippen molar-refractivity contribution in [3.05, 3.63) is 77.0 Å². The number of benzene rings is 2. The molecule has 0 aromatic heterocycles. The minimum atomic E-state index is -0.807. The SMILES string of the molecule is COc1ccc([C@@H]2NC(=O)N(C)C3=C2C(=O)N([C@@H](C(=O)NCC(C)C)c2ccccc2)C3)cc1. The normalized spacial score (nSPS) is 18.7. The first-order valence-corrected chi connectivity index (χ1v) is 11.4. The molecule has 2 aromatic rings. The van der Waals surface area contributed by atoms with Crippen LogP contribution in [0.15, 0.2) is 65.9 Å². The van der Waals surface area contributed by atoms with E-state index in [-0.39, 0.29) is 30.3 Å². The fourth-order valence-corrected chi connectivity index (χ4v) is 4.35.